The second kappa shape index (κ2) is 7.25. The van der Waals surface area contributed by atoms with Crippen molar-refractivity contribution in [1.29, 1.82) is 0 Å². The summed E-state index contributed by atoms with van der Waals surface area (Å²) in [6.45, 7) is 5.55. The molecule has 2 rings (SSSR count). The molecule has 0 aliphatic heterocycles. The standard InChI is InChI=1S/C17H24ClFN2O3/c1-16(2,3)24-21(11-22)17(8-6-13(23)7-9-17)20-12-4-5-15(19)14(18)10-12/h4-5,10-11,13,20,23H,6-9H2,1-3H3. The highest BCUT2D eigenvalue weighted by molar-refractivity contribution is 6.31. The minimum absolute atomic E-state index is 0.000358. The number of nitrogens with one attached hydrogen (secondary N) is 1. The maximum Gasteiger partial charge on any atom is 0.235 e. The number of rotatable bonds is 5. The number of anilines is 1. The molecule has 0 heterocycles. The lowest BCUT2D eigenvalue weighted by molar-refractivity contribution is -0.257. The molecule has 1 aliphatic rings. The highest BCUT2D eigenvalue weighted by Gasteiger charge is 2.42. The Morgan fingerprint density at radius 3 is 2.54 bits per heavy atom. The molecule has 7 heteroatoms. The SMILES string of the molecule is CC(C)(C)ON(C=O)C1(Nc2ccc(F)c(Cl)c2)CCC(O)CC1. The Labute approximate surface area is 146 Å². The molecule has 24 heavy (non-hydrogen) atoms. The molecule has 0 unspecified atom stereocenters. The van der Waals surface area contributed by atoms with Crippen molar-refractivity contribution in [2.24, 2.45) is 0 Å². The van der Waals surface area contributed by atoms with Gasteiger partial charge in [0.05, 0.1) is 16.7 Å². The van der Waals surface area contributed by atoms with Crippen LogP contribution in [0.3, 0.4) is 0 Å². The molecule has 1 aromatic rings. The number of carbonyl (C=O) groups excluding carboxylic acids is 1. The van der Waals surface area contributed by atoms with Crippen LogP contribution in [0.25, 0.3) is 0 Å². The Morgan fingerprint density at radius 2 is 2.04 bits per heavy atom. The van der Waals surface area contributed by atoms with Gasteiger partial charge in [0, 0.05) is 5.69 Å². The molecule has 1 aliphatic carbocycles. The van der Waals surface area contributed by atoms with Gasteiger partial charge in [0.15, 0.2) is 0 Å². The number of hydrogen-bond acceptors (Lipinski definition) is 4. The number of aliphatic hydroxyl groups is 1. The quantitative estimate of drug-likeness (QED) is 0.478. The van der Waals surface area contributed by atoms with Crippen LogP contribution in [0.15, 0.2) is 18.2 Å². The first-order chi connectivity index (χ1) is 11.1. The highest BCUT2D eigenvalue weighted by atomic mass is 35.5. The summed E-state index contributed by atoms with van der Waals surface area (Å²) >= 11 is 5.85. The number of hydrogen-bond donors (Lipinski definition) is 2. The zero-order valence-corrected chi connectivity index (χ0v) is 14.9. The molecule has 0 aromatic heterocycles. The van der Waals surface area contributed by atoms with E-state index in [9.17, 15) is 14.3 Å². The van der Waals surface area contributed by atoms with Crippen molar-refractivity contribution in [3.05, 3.63) is 29.0 Å². The molecule has 2 N–H and O–H groups in total. The second-order valence-electron chi connectivity index (χ2n) is 7.15. The van der Waals surface area contributed by atoms with Gasteiger partial charge in [0.1, 0.15) is 11.5 Å². The van der Waals surface area contributed by atoms with Crippen LogP contribution in [0, 0.1) is 5.82 Å². The average Bonchev–Trinajstić information content (AvgIpc) is 2.50. The summed E-state index contributed by atoms with van der Waals surface area (Å²) in [7, 11) is 0. The van der Waals surface area contributed by atoms with Gasteiger partial charge in [-0.15, -0.1) is 0 Å². The first-order valence-electron chi connectivity index (χ1n) is 8.00. The van der Waals surface area contributed by atoms with E-state index in [4.69, 9.17) is 16.4 Å². The number of carbonyl (C=O) groups is 1. The van der Waals surface area contributed by atoms with Gasteiger partial charge in [-0.2, -0.15) is 5.06 Å². The topological polar surface area (TPSA) is 61.8 Å². The molecule has 1 aromatic carbocycles. The lowest BCUT2D eigenvalue weighted by Crippen LogP contribution is -2.58. The van der Waals surface area contributed by atoms with Gasteiger partial charge >= 0.3 is 0 Å². The van der Waals surface area contributed by atoms with Crippen LogP contribution in [0.1, 0.15) is 46.5 Å². The van der Waals surface area contributed by atoms with E-state index >= 15 is 0 Å². The largest absolute Gasteiger partial charge is 0.393 e. The molecular formula is C17H24ClFN2O3. The summed E-state index contributed by atoms with van der Waals surface area (Å²) in [5, 5.41) is 14.4. The normalized spacial score (nSPS) is 24.5. The van der Waals surface area contributed by atoms with E-state index in [0.29, 0.717) is 37.8 Å². The monoisotopic (exact) mass is 358 g/mol. The number of amides is 1. The van der Waals surface area contributed by atoms with Crippen molar-refractivity contribution >= 4 is 23.7 Å². The Hall–Kier alpha value is -1.37. The molecule has 5 nitrogen and oxygen atoms in total. The third-order valence-electron chi connectivity index (χ3n) is 3.97. The van der Waals surface area contributed by atoms with Crippen LogP contribution in [0.4, 0.5) is 10.1 Å². The van der Waals surface area contributed by atoms with Crippen LogP contribution in [0.5, 0.6) is 0 Å². The summed E-state index contributed by atoms with van der Waals surface area (Å²) in [6, 6.07) is 4.31. The molecule has 0 spiro atoms. The first-order valence-corrected chi connectivity index (χ1v) is 8.38. The number of benzene rings is 1. The molecular weight excluding hydrogens is 335 g/mol. The molecule has 0 atom stereocenters. The fraction of sp³-hybridized carbons (Fsp3) is 0.588. The Balaban J connectivity index is 2.31. The van der Waals surface area contributed by atoms with Gasteiger partial charge in [-0.05, 0) is 64.7 Å². The van der Waals surface area contributed by atoms with Gasteiger partial charge < -0.3 is 10.4 Å². The van der Waals surface area contributed by atoms with E-state index in [0.717, 1.165) is 0 Å². The van der Waals surface area contributed by atoms with E-state index in [-0.39, 0.29) is 5.02 Å². The van der Waals surface area contributed by atoms with E-state index in [1.54, 1.807) is 6.07 Å². The van der Waals surface area contributed by atoms with Crippen molar-refractivity contribution in [3.63, 3.8) is 0 Å². The van der Waals surface area contributed by atoms with Gasteiger partial charge in [0.25, 0.3) is 0 Å². The number of hydroxylamine groups is 2. The molecule has 1 fully saturated rings. The number of halogens is 2. The van der Waals surface area contributed by atoms with Crippen LogP contribution in [-0.4, -0.2) is 33.9 Å². The first kappa shape index (κ1) is 19.0. The van der Waals surface area contributed by atoms with Crippen molar-refractivity contribution in [2.45, 2.75) is 63.8 Å². The summed E-state index contributed by atoms with van der Waals surface area (Å²) in [5.74, 6) is -0.506. The fourth-order valence-corrected chi connectivity index (χ4v) is 3.01. The second-order valence-corrected chi connectivity index (χ2v) is 7.56. The Bertz CT molecular complexity index is 584. The third-order valence-corrected chi connectivity index (χ3v) is 4.26. The van der Waals surface area contributed by atoms with Crippen LogP contribution < -0.4 is 5.32 Å². The minimum Gasteiger partial charge on any atom is -0.393 e. The summed E-state index contributed by atoms with van der Waals surface area (Å²) in [4.78, 5) is 17.5. The van der Waals surface area contributed by atoms with Gasteiger partial charge in [-0.3, -0.25) is 9.63 Å². The van der Waals surface area contributed by atoms with Gasteiger partial charge in [0.2, 0.25) is 6.41 Å². The molecule has 134 valence electrons. The Morgan fingerprint density at radius 1 is 1.42 bits per heavy atom. The van der Waals surface area contributed by atoms with Crippen molar-refractivity contribution in [3.8, 4) is 0 Å². The minimum atomic E-state index is -0.824. The molecule has 0 radical (unpaired) electrons. The van der Waals surface area contributed by atoms with E-state index < -0.39 is 23.2 Å². The van der Waals surface area contributed by atoms with Crippen molar-refractivity contribution < 1.29 is 19.1 Å². The van der Waals surface area contributed by atoms with E-state index in [2.05, 4.69) is 5.32 Å². The predicted molar refractivity (Wildman–Crippen MR) is 91.0 cm³/mol. The maximum atomic E-state index is 13.4. The fourth-order valence-electron chi connectivity index (χ4n) is 2.83. The summed E-state index contributed by atoms with van der Waals surface area (Å²) in [5.41, 5.74) is -0.802. The van der Waals surface area contributed by atoms with E-state index in [1.807, 2.05) is 20.8 Å². The molecule has 0 bridgehead atoms. The van der Waals surface area contributed by atoms with Crippen LogP contribution >= 0.6 is 11.6 Å². The zero-order valence-electron chi connectivity index (χ0n) is 14.2. The van der Waals surface area contributed by atoms with Gasteiger partial charge in [-0.1, -0.05) is 11.6 Å². The third kappa shape index (κ3) is 4.59. The molecule has 0 saturated heterocycles. The van der Waals surface area contributed by atoms with E-state index in [1.165, 1.54) is 17.2 Å². The number of nitrogens with zero attached hydrogens (tertiary/aromatic N) is 1. The van der Waals surface area contributed by atoms with Crippen LogP contribution in [-0.2, 0) is 9.63 Å². The van der Waals surface area contributed by atoms with Crippen molar-refractivity contribution in [1.82, 2.24) is 5.06 Å². The average molecular weight is 359 g/mol. The Kier molecular flexibility index (Phi) is 5.73. The maximum absolute atomic E-state index is 13.4. The van der Waals surface area contributed by atoms with Crippen LogP contribution in [0.2, 0.25) is 5.02 Å². The summed E-state index contributed by atoms with van der Waals surface area (Å²) in [6.07, 6.45) is 2.29. The smallest absolute Gasteiger partial charge is 0.235 e. The summed E-state index contributed by atoms with van der Waals surface area (Å²) < 4.78 is 13.4. The van der Waals surface area contributed by atoms with Gasteiger partial charge in [-0.25, -0.2) is 4.39 Å². The molecule has 1 saturated carbocycles. The lowest BCUT2D eigenvalue weighted by atomic mass is 9.86. The number of aliphatic hydroxyl groups excluding tert-OH is 1. The highest BCUT2D eigenvalue weighted by Crippen LogP contribution is 2.36. The predicted octanol–water partition coefficient (Wildman–Crippen LogP) is 3.71. The molecule has 1 amide bonds. The van der Waals surface area contributed by atoms with Crippen molar-refractivity contribution in [2.75, 3.05) is 5.32 Å². The lowest BCUT2D eigenvalue weighted by Gasteiger charge is -2.47. The zero-order chi connectivity index (χ0) is 18.0.